The Kier molecular flexibility index (Phi) is 7.32. The second-order valence-electron chi connectivity index (χ2n) is 14.3. The number of aliphatic hydroxyl groups excluding tert-OH is 1. The Labute approximate surface area is 224 Å². The molecule has 5 heteroatoms. The number of esters is 1. The molecule has 4 aliphatic carbocycles. The predicted octanol–water partition coefficient (Wildman–Crippen LogP) is 6.94. The summed E-state index contributed by atoms with van der Waals surface area (Å²) in [6, 6.07) is 0. The van der Waals surface area contributed by atoms with Gasteiger partial charge in [0.1, 0.15) is 6.10 Å². The summed E-state index contributed by atoms with van der Waals surface area (Å²) in [5.41, 5.74) is 2.32. The molecule has 3 fully saturated rings. The van der Waals surface area contributed by atoms with Gasteiger partial charge in [0, 0.05) is 18.9 Å². The summed E-state index contributed by atoms with van der Waals surface area (Å²) in [6.45, 7) is 17.3. The van der Waals surface area contributed by atoms with Crippen molar-refractivity contribution < 1.29 is 24.5 Å². The third-order valence-electron chi connectivity index (χ3n) is 12.4. The van der Waals surface area contributed by atoms with Crippen LogP contribution in [0.1, 0.15) is 107 Å². The summed E-state index contributed by atoms with van der Waals surface area (Å²) < 4.78 is 5.82. The first kappa shape index (κ1) is 28.4. The molecule has 208 valence electrons. The van der Waals surface area contributed by atoms with E-state index in [0.29, 0.717) is 29.7 Å². The number of rotatable bonds is 6. The molecule has 0 spiro atoms. The Bertz CT molecular complexity index is 993. The van der Waals surface area contributed by atoms with Crippen molar-refractivity contribution in [3.8, 4) is 0 Å². The van der Waals surface area contributed by atoms with E-state index >= 15 is 0 Å². The Morgan fingerprint density at radius 1 is 1.05 bits per heavy atom. The average molecular weight is 515 g/mol. The first-order chi connectivity index (χ1) is 17.1. The van der Waals surface area contributed by atoms with Crippen LogP contribution in [0.2, 0.25) is 0 Å². The van der Waals surface area contributed by atoms with Gasteiger partial charge in [0.05, 0.1) is 6.10 Å². The van der Waals surface area contributed by atoms with E-state index in [2.05, 4.69) is 47.6 Å². The molecule has 9 atom stereocenters. The zero-order chi connectivity index (χ0) is 27.6. The maximum atomic E-state index is 12.0. The van der Waals surface area contributed by atoms with Gasteiger partial charge in [-0.05, 0) is 97.2 Å². The van der Waals surface area contributed by atoms with Gasteiger partial charge in [-0.1, -0.05) is 59.3 Å². The molecular formula is C32H50O5. The molecule has 0 aromatic heterocycles. The monoisotopic (exact) mass is 514 g/mol. The molecule has 2 N–H and O–H groups in total. The van der Waals surface area contributed by atoms with E-state index < -0.39 is 5.97 Å². The van der Waals surface area contributed by atoms with E-state index in [1.807, 2.05) is 0 Å². The number of aliphatic hydroxyl groups is 1. The van der Waals surface area contributed by atoms with Gasteiger partial charge in [-0.15, -0.1) is 0 Å². The summed E-state index contributed by atoms with van der Waals surface area (Å²) in [4.78, 5) is 23.4. The molecular weight excluding hydrogens is 464 g/mol. The van der Waals surface area contributed by atoms with E-state index in [1.165, 1.54) is 26.2 Å². The maximum Gasteiger partial charge on any atom is 0.330 e. The van der Waals surface area contributed by atoms with Crippen LogP contribution in [0, 0.1) is 45.3 Å². The average Bonchev–Trinajstić information content (AvgIpc) is 3.09. The van der Waals surface area contributed by atoms with Gasteiger partial charge in [-0.25, -0.2) is 4.79 Å². The van der Waals surface area contributed by atoms with Crippen molar-refractivity contribution in [3.63, 3.8) is 0 Å². The minimum atomic E-state index is -0.929. The summed E-state index contributed by atoms with van der Waals surface area (Å²) in [5, 5.41) is 20.2. The van der Waals surface area contributed by atoms with Crippen LogP contribution in [-0.2, 0) is 14.3 Å². The molecule has 4 rings (SSSR count). The van der Waals surface area contributed by atoms with Crippen molar-refractivity contribution in [1.82, 2.24) is 0 Å². The van der Waals surface area contributed by atoms with Crippen molar-refractivity contribution in [2.45, 2.75) is 119 Å². The number of aliphatic carboxylic acids is 1. The van der Waals surface area contributed by atoms with E-state index in [-0.39, 0.29) is 45.8 Å². The molecule has 0 aliphatic heterocycles. The lowest BCUT2D eigenvalue weighted by atomic mass is 9.41. The van der Waals surface area contributed by atoms with Crippen LogP contribution < -0.4 is 0 Å². The molecule has 0 unspecified atom stereocenters. The van der Waals surface area contributed by atoms with Crippen LogP contribution in [0.15, 0.2) is 23.3 Å². The highest BCUT2D eigenvalue weighted by atomic mass is 16.5. The first-order valence-electron chi connectivity index (χ1n) is 14.6. The summed E-state index contributed by atoms with van der Waals surface area (Å²) in [6.07, 6.45) is 11.8. The molecule has 37 heavy (non-hydrogen) atoms. The van der Waals surface area contributed by atoms with E-state index in [9.17, 15) is 19.8 Å². The predicted molar refractivity (Wildman–Crippen MR) is 146 cm³/mol. The van der Waals surface area contributed by atoms with E-state index in [1.54, 1.807) is 18.6 Å². The summed E-state index contributed by atoms with van der Waals surface area (Å²) in [5.74, 6) is 0.364. The standard InChI is InChI=1S/C32H50O5/c1-19(28(35)36)9-11-25(37-21(3)33)20(2)22-13-17-32(8)24-10-12-26-29(4,5)27(34)15-16-30(26,6)23(24)14-18-31(22,32)7/h9,14,20,22,24-27,34H,10-13,15-18H2,1-8H3,(H,35,36)/t20-,22+,24+,25-,26-,27-,30+,31+,32-/m0/s1. The smallest absolute Gasteiger partial charge is 0.330 e. The van der Waals surface area contributed by atoms with Gasteiger partial charge in [-0.2, -0.15) is 0 Å². The quantitative estimate of drug-likeness (QED) is 0.228. The highest BCUT2D eigenvalue weighted by Gasteiger charge is 2.65. The molecule has 4 aliphatic rings. The molecule has 0 aromatic carbocycles. The SMILES string of the molecule is CC(=O)O[C@@H](CC=C(C)C(=O)O)[C@@H](C)[C@H]1CC[C@@]2(C)[C@@H]3CC[C@H]4C(C)(C)[C@@H](O)CC[C@]4(C)C3=CC[C@]12C. The fourth-order valence-corrected chi connectivity index (χ4v) is 9.82. The highest BCUT2D eigenvalue weighted by molar-refractivity contribution is 5.85. The number of carboxylic acids is 1. The minimum absolute atomic E-state index is 0.0635. The molecule has 0 heterocycles. The second kappa shape index (κ2) is 9.54. The molecule has 0 radical (unpaired) electrons. The molecule has 0 saturated heterocycles. The van der Waals surface area contributed by atoms with Crippen molar-refractivity contribution in [2.75, 3.05) is 0 Å². The van der Waals surface area contributed by atoms with Crippen molar-refractivity contribution in [3.05, 3.63) is 23.3 Å². The third kappa shape index (κ3) is 4.32. The maximum absolute atomic E-state index is 12.0. The number of carboxylic acid groups (broad SMARTS) is 1. The van der Waals surface area contributed by atoms with Crippen LogP contribution in [0.25, 0.3) is 0 Å². The lowest BCUT2D eigenvalue weighted by Gasteiger charge is -2.64. The Balaban J connectivity index is 1.65. The Morgan fingerprint density at radius 2 is 1.73 bits per heavy atom. The number of fused-ring (bicyclic) bond motifs is 5. The van der Waals surface area contributed by atoms with Crippen LogP contribution in [0.5, 0.6) is 0 Å². The first-order valence-corrected chi connectivity index (χ1v) is 14.6. The van der Waals surface area contributed by atoms with Gasteiger partial charge in [0.15, 0.2) is 0 Å². The summed E-state index contributed by atoms with van der Waals surface area (Å²) in [7, 11) is 0. The number of hydrogen-bond donors (Lipinski definition) is 2. The van der Waals surface area contributed by atoms with Gasteiger partial charge in [-0.3, -0.25) is 4.79 Å². The van der Waals surface area contributed by atoms with Crippen molar-refractivity contribution in [2.24, 2.45) is 45.3 Å². The van der Waals surface area contributed by atoms with Gasteiger partial charge in [0.25, 0.3) is 0 Å². The molecule has 5 nitrogen and oxygen atoms in total. The van der Waals surface area contributed by atoms with Crippen LogP contribution in [0.4, 0.5) is 0 Å². The van der Waals surface area contributed by atoms with E-state index in [0.717, 1.165) is 25.7 Å². The molecule has 3 saturated carbocycles. The van der Waals surface area contributed by atoms with Crippen molar-refractivity contribution in [1.29, 1.82) is 0 Å². The van der Waals surface area contributed by atoms with Crippen LogP contribution in [-0.4, -0.2) is 34.4 Å². The molecule has 0 amide bonds. The van der Waals surface area contributed by atoms with Crippen molar-refractivity contribution >= 4 is 11.9 Å². The fourth-order valence-electron chi connectivity index (χ4n) is 9.82. The van der Waals surface area contributed by atoms with Crippen LogP contribution >= 0.6 is 0 Å². The van der Waals surface area contributed by atoms with E-state index in [4.69, 9.17) is 4.74 Å². The number of ether oxygens (including phenoxy) is 1. The largest absolute Gasteiger partial charge is 0.478 e. The summed E-state index contributed by atoms with van der Waals surface area (Å²) >= 11 is 0. The van der Waals surface area contributed by atoms with Gasteiger partial charge < -0.3 is 14.9 Å². The minimum Gasteiger partial charge on any atom is -0.478 e. The van der Waals surface area contributed by atoms with Crippen LogP contribution in [0.3, 0.4) is 0 Å². The molecule has 0 aromatic rings. The molecule has 0 bridgehead atoms. The highest BCUT2D eigenvalue weighted by Crippen LogP contribution is 2.73. The second-order valence-corrected chi connectivity index (χ2v) is 14.3. The van der Waals surface area contributed by atoms with Gasteiger partial charge >= 0.3 is 11.9 Å². The number of carbonyl (C=O) groups excluding carboxylic acids is 1. The normalized spacial score (nSPS) is 42.5. The zero-order valence-electron chi connectivity index (χ0n) is 24.4. The zero-order valence-corrected chi connectivity index (χ0v) is 24.4. The lowest BCUT2D eigenvalue weighted by molar-refractivity contribution is -0.152. The number of allylic oxidation sites excluding steroid dienone is 2. The lowest BCUT2D eigenvalue weighted by Crippen LogP contribution is -2.57. The number of carbonyl (C=O) groups is 2. The van der Waals surface area contributed by atoms with Gasteiger partial charge in [0.2, 0.25) is 0 Å². The third-order valence-corrected chi connectivity index (χ3v) is 12.4. The Hall–Kier alpha value is -1.62. The Morgan fingerprint density at radius 3 is 2.35 bits per heavy atom. The topological polar surface area (TPSA) is 83.8 Å². The number of hydrogen-bond acceptors (Lipinski definition) is 4. The fraction of sp³-hybridized carbons (Fsp3) is 0.812.